The van der Waals surface area contributed by atoms with Crippen molar-refractivity contribution in [3.8, 4) is 0 Å². The molecule has 1 aromatic rings. The summed E-state index contributed by atoms with van der Waals surface area (Å²) in [5.41, 5.74) is 2.91. The van der Waals surface area contributed by atoms with Gasteiger partial charge in [-0.25, -0.2) is 9.59 Å². The third-order valence-electron chi connectivity index (χ3n) is 2.32. The van der Waals surface area contributed by atoms with Crippen molar-refractivity contribution in [3.63, 3.8) is 0 Å². The molecule has 0 atom stereocenters. The van der Waals surface area contributed by atoms with Gasteiger partial charge in [-0.05, 0) is 12.5 Å². The lowest BCUT2D eigenvalue weighted by atomic mass is 10.1. The van der Waals surface area contributed by atoms with E-state index in [1.54, 1.807) is 29.7 Å². The number of ketones is 1. The molecule has 0 unspecified atom stereocenters. The second-order valence-electron chi connectivity index (χ2n) is 4.20. The summed E-state index contributed by atoms with van der Waals surface area (Å²) in [6.45, 7) is 0.948. The van der Waals surface area contributed by atoms with Crippen LogP contribution in [-0.2, 0) is 20.8 Å². The summed E-state index contributed by atoms with van der Waals surface area (Å²) in [6.07, 6.45) is -1.16. The number of rotatable bonds is 4. The molecule has 0 saturated carbocycles. The van der Waals surface area contributed by atoms with Gasteiger partial charge in [-0.2, -0.15) is 0 Å². The Balaban J connectivity index is 2.37. The Labute approximate surface area is 141 Å². The van der Waals surface area contributed by atoms with Gasteiger partial charge in [0, 0.05) is 5.56 Å². The number of hydrogen-bond donors (Lipinski definition) is 1. The largest absolute Gasteiger partial charge is 0.443 e. The van der Waals surface area contributed by atoms with Gasteiger partial charge in [-0.3, -0.25) is 4.79 Å². The predicted octanol–water partition coefficient (Wildman–Crippen LogP) is 2.99. The van der Waals surface area contributed by atoms with E-state index in [1.807, 2.05) is 0 Å². The number of ether oxygens (including phenoxy) is 1. The van der Waals surface area contributed by atoms with Gasteiger partial charge >= 0.3 is 12.1 Å². The molecule has 22 heavy (non-hydrogen) atoms. The number of benzene rings is 1. The molecule has 1 rings (SSSR count). The lowest BCUT2D eigenvalue weighted by Gasteiger charge is -2.11. The molecule has 1 amide bonds. The minimum absolute atomic E-state index is 0.0764. The molecule has 6 nitrogen and oxygen atoms in total. The molecular weight excluding hydrogens is 357 g/mol. The fraction of sp³-hybridized carbons (Fsp3) is 0.308. The van der Waals surface area contributed by atoms with Crippen molar-refractivity contribution in [2.24, 2.45) is 0 Å². The van der Waals surface area contributed by atoms with E-state index in [-0.39, 0.29) is 12.2 Å². The van der Waals surface area contributed by atoms with E-state index in [2.05, 4.69) is 9.57 Å². The van der Waals surface area contributed by atoms with E-state index in [0.717, 1.165) is 0 Å². The number of Topliss-reactive ketones (excluding diaryl/α,β-unsaturated/α-hetero) is 1. The Bertz CT molecular complexity index is 554. The molecule has 0 radical (unpaired) electrons. The molecular formula is C13H12Cl3NO5. The first-order chi connectivity index (χ1) is 10.2. The minimum atomic E-state index is -1.75. The Kier molecular flexibility index (Phi) is 6.93. The monoisotopic (exact) mass is 367 g/mol. The van der Waals surface area contributed by atoms with Crippen LogP contribution in [-0.4, -0.2) is 28.2 Å². The highest BCUT2D eigenvalue weighted by atomic mass is 35.6. The van der Waals surface area contributed by atoms with E-state index in [0.29, 0.717) is 11.1 Å². The quantitative estimate of drug-likeness (QED) is 0.502. The summed E-state index contributed by atoms with van der Waals surface area (Å²) in [7, 11) is 0. The fourth-order valence-corrected chi connectivity index (χ4v) is 1.50. The van der Waals surface area contributed by atoms with Crippen molar-refractivity contribution in [1.82, 2.24) is 5.48 Å². The Morgan fingerprint density at radius 3 is 2.23 bits per heavy atom. The number of amides is 1. The SMILES string of the molecule is CC(=O)c1ccc(CC(=O)ONC(=O)OCC(Cl)(Cl)Cl)cc1. The predicted molar refractivity (Wildman–Crippen MR) is 81.0 cm³/mol. The summed E-state index contributed by atoms with van der Waals surface area (Å²) >= 11 is 16.1. The number of alkyl halides is 3. The Morgan fingerprint density at radius 1 is 1.14 bits per heavy atom. The summed E-state index contributed by atoms with van der Waals surface area (Å²) in [5, 5.41) is 0. The van der Waals surface area contributed by atoms with Gasteiger partial charge in [0.05, 0.1) is 6.42 Å². The van der Waals surface area contributed by atoms with Crippen LogP contribution in [0.2, 0.25) is 0 Å². The average Bonchev–Trinajstić information content (AvgIpc) is 2.42. The van der Waals surface area contributed by atoms with Gasteiger partial charge in [-0.1, -0.05) is 59.1 Å². The Morgan fingerprint density at radius 2 is 1.73 bits per heavy atom. The Hall–Kier alpha value is -1.50. The van der Waals surface area contributed by atoms with Crippen molar-refractivity contribution in [2.75, 3.05) is 6.61 Å². The molecule has 0 bridgehead atoms. The van der Waals surface area contributed by atoms with E-state index >= 15 is 0 Å². The van der Waals surface area contributed by atoms with Crippen LogP contribution < -0.4 is 5.48 Å². The number of hydrogen-bond acceptors (Lipinski definition) is 5. The molecule has 120 valence electrons. The topological polar surface area (TPSA) is 81.7 Å². The zero-order valence-electron chi connectivity index (χ0n) is 11.4. The van der Waals surface area contributed by atoms with Crippen molar-refractivity contribution in [3.05, 3.63) is 35.4 Å². The zero-order chi connectivity index (χ0) is 16.8. The molecule has 0 aliphatic carbocycles. The van der Waals surface area contributed by atoms with Gasteiger partial charge in [0.2, 0.25) is 3.79 Å². The molecule has 0 heterocycles. The third-order valence-corrected chi connectivity index (χ3v) is 2.65. The number of hydroxylamine groups is 1. The second-order valence-corrected chi connectivity index (χ2v) is 6.71. The average molecular weight is 369 g/mol. The summed E-state index contributed by atoms with van der Waals surface area (Å²) in [5.74, 6) is -0.797. The van der Waals surface area contributed by atoms with Crippen LogP contribution >= 0.6 is 34.8 Å². The van der Waals surface area contributed by atoms with Crippen LogP contribution in [0.5, 0.6) is 0 Å². The molecule has 0 fully saturated rings. The zero-order valence-corrected chi connectivity index (χ0v) is 13.7. The summed E-state index contributed by atoms with van der Waals surface area (Å²) in [4.78, 5) is 38.2. The van der Waals surface area contributed by atoms with Crippen LogP contribution in [0.3, 0.4) is 0 Å². The number of carbonyl (C=O) groups is 3. The summed E-state index contributed by atoms with van der Waals surface area (Å²) in [6, 6.07) is 6.40. The second kappa shape index (κ2) is 8.22. The molecule has 0 saturated heterocycles. The van der Waals surface area contributed by atoms with E-state index in [4.69, 9.17) is 34.8 Å². The molecule has 9 heteroatoms. The van der Waals surface area contributed by atoms with Crippen molar-refractivity contribution < 1.29 is 24.0 Å². The summed E-state index contributed by atoms with van der Waals surface area (Å²) < 4.78 is 2.74. The fourth-order valence-electron chi connectivity index (χ4n) is 1.34. The molecule has 1 aromatic carbocycles. The van der Waals surface area contributed by atoms with Crippen LogP contribution in [0.25, 0.3) is 0 Å². The highest BCUT2D eigenvalue weighted by molar-refractivity contribution is 6.67. The maximum absolute atomic E-state index is 11.5. The minimum Gasteiger partial charge on any atom is -0.443 e. The first-order valence-corrected chi connectivity index (χ1v) is 7.10. The maximum atomic E-state index is 11.5. The molecule has 0 aliphatic heterocycles. The van der Waals surface area contributed by atoms with Crippen LogP contribution in [0.1, 0.15) is 22.8 Å². The smallest absolute Gasteiger partial charge is 0.440 e. The maximum Gasteiger partial charge on any atom is 0.440 e. The molecule has 1 N–H and O–H groups in total. The number of nitrogens with one attached hydrogen (secondary N) is 1. The van der Waals surface area contributed by atoms with Gasteiger partial charge in [0.15, 0.2) is 5.78 Å². The van der Waals surface area contributed by atoms with E-state index in [1.165, 1.54) is 6.92 Å². The highest BCUT2D eigenvalue weighted by Crippen LogP contribution is 2.25. The standard InChI is InChI=1S/C13H12Cl3NO5/c1-8(18)10-4-2-9(3-5-10)6-11(19)22-17-12(20)21-7-13(14,15)16/h2-5H,6-7H2,1H3,(H,17,20). The first kappa shape index (κ1) is 18.5. The molecule has 0 aliphatic rings. The van der Waals surface area contributed by atoms with Crippen LogP contribution in [0.15, 0.2) is 24.3 Å². The van der Waals surface area contributed by atoms with Gasteiger partial charge < -0.3 is 9.57 Å². The third kappa shape index (κ3) is 7.49. The van der Waals surface area contributed by atoms with Gasteiger partial charge in [0.1, 0.15) is 6.61 Å². The molecule has 0 aromatic heterocycles. The molecule has 0 spiro atoms. The number of halogens is 3. The van der Waals surface area contributed by atoms with Gasteiger partial charge in [0.25, 0.3) is 0 Å². The highest BCUT2D eigenvalue weighted by Gasteiger charge is 2.22. The van der Waals surface area contributed by atoms with Gasteiger partial charge in [-0.15, -0.1) is 5.48 Å². The first-order valence-electron chi connectivity index (χ1n) is 5.96. The number of carbonyl (C=O) groups excluding carboxylic acids is 3. The van der Waals surface area contributed by atoms with Crippen molar-refractivity contribution in [2.45, 2.75) is 17.1 Å². The van der Waals surface area contributed by atoms with Crippen molar-refractivity contribution >= 4 is 52.6 Å². The normalized spacial score (nSPS) is 10.7. The van der Waals surface area contributed by atoms with E-state index < -0.39 is 22.5 Å². The lowest BCUT2D eigenvalue weighted by Crippen LogP contribution is -2.30. The van der Waals surface area contributed by atoms with E-state index in [9.17, 15) is 14.4 Å². The lowest BCUT2D eigenvalue weighted by molar-refractivity contribution is -0.148. The van der Waals surface area contributed by atoms with Crippen LogP contribution in [0, 0.1) is 0 Å². The van der Waals surface area contributed by atoms with Crippen LogP contribution in [0.4, 0.5) is 4.79 Å². The van der Waals surface area contributed by atoms with Crippen molar-refractivity contribution in [1.29, 1.82) is 0 Å².